The van der Waals surface area contributed by atoms with Crippen LogP contribution in [0.25, 0.3) is 0 Å². The first kappa shape index (κ1) is 14.4. The van der Waals surface area contributed by atoms with E-state index in [-0.39, 0.29) is 17.2 Å². The lowest BCUT2D eigenvalue weighted by Crippen LogP contribution is -2.38. The molecule has 1 aromatic heterocycles. The minimum atomic E-state index is -2.98. The second-order valence-corrected chi connectivity index (χ2v) is 7.52. The molecule has 1 saturated carbocycles. The largest absolute Gasteiger partial charge is 0.271 e. The topological polar surface area (TPSA) is 98.0 Å². The molecule has 3 N–H and O–H groups in total. The number of nitrogens with one attached hydrogen (secondary N) is 1. The number of hydrazine groups is 1. The number of aromatic nitrogens is 2. The quantitative estimate of drug-likeness (QED) is 0.620. The summed E-state index contributed by atoms with van der Waals surface area (Å²) in [5.74, 6) is 5.83. The molecule has 19 heavy (non-hydrogen) atoms. The fourth-order valence-electron chi connectivity index (χ4n) is 2.85. The van der Waals surface area contributed by atoms with Crippen LogP contribution in [0, 0.1) is 5.92 Å². The standard InChI is InChI=1S/C12H20N4O2S/c1-19(17,18)11-4-2-3-9(5-11)12(16-13)10-6-14-8-15-7-10/h6-9,11-12,16H,2-5,13H2,1H3. The Hall–Kier alpha value is -1.05. The lowest BCUT2D eigenvalue weighted by molar-refractivity contribution is 0.274. The third-order valence-corrected chi connectivity index (χ3v) is 5.50. The lowest BCUT2D eigenvalue weighted by Gasteiger charge is -2.33. The first-order chi connectivity index (χ1) is 9.02. The van der Waals surface area contributed by atoms with E-state index in [0.29, 0.717) is 6.42 Å². The molecule has 1 aliphatic carbocycles. The van der Waals surface area contributed by atoms with Gasteiger partial charge in [-0.25, -0.2) is 18.4 Å². The minimum Gasteiger partial charge on any atom is -0.271 e. The molecule has 1 fully saturated rings. The number of rotatable bonds is 4. The maximum atomic E-state index is 11.7. The summed E-state index contributed by atoms with van der Waals surface area (Å²) in [5, 5.41) is -0.258. The summed E-state index contributed by atoms with van der Waals surface area (Å²) >= 11 is 0. The molecule has 0 saturated heterocycles. The average Bonchev–Trinajstić information content (AvgIpc) is 2.40. The van der Waals surface area contributed by atoms with Crippen molar-refractivity contribution in [3.63, 3.8) is 0 Å². The van der Waals surface area contributed by atoms with Crippen LogP contribution in [0.15, 0.2) is 18.7 Å². The Morgan fingerprint density at radius 2 is 2.05 bits per heavy atom. The fraction of sp³-hybridized carbons (Fsp3) is 0.667. The highest BCUT2D eigenvalue weighted by atomic mass is 32.2. The highest BCUT2D eigenvalue weighted by Gasteiger charge is 2.33. The van der Waals surface area contributed by atoms with Crippen LogP contribution in [-0.2, 0) is 9.84 Å². The smallest absolute Gasteiger partial charge is 0.150 e. The van der Waals surface area contributed by atoms with Crippen molar-refractivity contribution in [2.45, 2.75) is 37.0 Å². The van der Waals surface area contributed by atoms with Gasteiger partial charge < -0.3 is 0 Å². The van der Waals surface area contributed by atoms with Gasteiger partial charge in [0.25, 0.3) is 0 Å². The van der Waals surface area contributed by atoms with Crippen LogP contribution in [0.4, 0.5) is 0 Å². The van der Waals surface area contributed by atoms with Crippen LogP contribution in [0.1, 0.15) is 37.3 Å². The Kier molecular flexibility index (Phi) is 4.49. The Labute approximate surface area is 113 Å². The Morgan fingerprint density at radius 3 is 2.63 bits per heavy atom. The zero-order chi connectivity index (χ0) is 13.9. The molecule has 0 bridgehead atoms. The molecule has 0 radical (unpaired) electrons. The predicted molar refractivity (Wildman–Crippen MR) is 72.7 cm³/mol. The van der Waals surface area contributed by atoms with E-state index in [1.807, 2.05) is 0 Å². The van der Waals surface area contributed by atoms with Crippen LogP contribution in [0.2, 0.25) is 0 Å². The van der Waals surface area contributed by atoms with Gasteiger partial charge in [-0.05, 0) is 25.2 Å². The fourth-order valence-corrected chi connectivity index (χ4v) is 4.04. The molecule has 2 rings (SSSR count). The Balaban J connectivity index is 2.15. The summed E-state index contributed by atoms with van der Waals surface area (Å²) in [6.07, 6.45) is 9.50. The molecule has 0 aromatic carbocycles. The Bertz CT molecular complexity index is 506. The van der Waals surface area contributed by atoms with Gasteiger partial charge in [-0.15, -0.1) is 0 Å². The molecule has 6 nitrogen and oxygen atoms in total. The van der Waals surface area contributed by atoms with Crippen molar-refractivity contribution >= 4 is 9.84 Å². The molecular formula is C12H20N4O2S. The van der Waals surface area contributed by atoms with E-state index in [2.05, 4.69) is 15.4 Å². The van der Waals surface area contributed by atoms with E-state index in [0.717, 1.165) is 24.8 Å². The van der Waals surface area contributed by atoms with Crippen LogP contribution in [0.3, 0.4) is 0 Å². The SMILES string of the molecule is CS(=O)(=O)C1CCCC(C(NN)c2cncnc2)C1. The highest BCUT2D eigenvalue weighted by Crippen LogP contribution is 2.36. The summed E-state index contributed by atoms with van der Waals surface area (Å²) in [6, 6.07) is -0.0919. The second-order valence-electron chi connectivity index (χ2n) is 5.19. The average molecular weight is 284 g/mol. The molecule has 1 aromatic rings. The van der Waals surface area contributed by atoms with Gasteiger partial charge in [0.05, 0.1) is 11.3 Å². The molecule has 7 heteroatoms. The molecular weight excluding hydrogens is 264 g/mol. The van der Waals surface area contributed by atoms with Gasteiger partial charge in [0.2, 0.25) is 0 Å². The number of sulfone groups is 1. The van der Waals surface area contributed by atoms with Gasteiger partial charge in [0, 0.05) is 24.2 Å². The molecule has 1 aliphatic rings. The molecule has 0 amide bonds. The van der Waals surface area contributed by atoms with Crippen molar-refractivity contribution in [2.75, 3.05) is 6.26 Å². The highest BCUT2D eigenvalue weighted by molar-refractivity contribution is 7.91. The van der Waals surface area contributed by atoms with E-state index in [1.165, 1.54) is 12.6 Å². The van der Waals surface area contributed by atoms with Crippen molar-refractivity contribution in [3.05, 3.63) is 24.3 Å². The summed E-state index contributed by atoms with van der Waals surface area (Å²) in [5.41, 5.74) is 3.69. The summed E-state index contributed by atoms with van der Waals surface area (Å²) in [4.78, 5) is 7.98. The monoisotopic (exact) mass is 284 g/mol. The molecule has 3 atom stereocenters. The van der Waals surface area contributed by atoms with Crippen molar-refractivity contribution in [1.82, 2.24) is 15.4 Å². The summed E-state index contributed by atoms with van der Waals surface area (Å²) in [7, 11) is -2.98. The zero-order valence-corrected chi connectivity index (χ0v) is 11.8. The van der Waals surface area contributed by atoms with E-state index in [1.54, 1.807) is 12.4 Å². The predicted octanol–water partition coefficient (Wildman–Crippen LogP) is 0.584. The maximum Gasteiger partial charge on any atom is 0.150 e. The minimum absolute atomic E-state index is 0.0919. The van der Waals surface area contributed by atoms with Crippen molar-refractivity contribution in [2.24, 2.45) is 11.8 Å². The molecule has 106 valence electrons. The van der Waals surface area contributed by atoms with Crippen LogP contribution >= 0.6 is 0 Å². The van der Waals surface area contributed by atoms with Gasteiger partial charge in [-0.2, -0.15) is 0 Å². The maximum absolute atomic E-state index is 11.7. The summed E-state index contributed by atoms with van der Waals surface area (Å²) < 4.78 is 23.4. The van der Waals surface area contributed by atoms with Crippen molar-refractivity contribution in [3.8, 4) is 0 Å². The van der Waals surface area contributed by atoms with Gasteiger partial charge in [-0.3, -0.25) is 11.3 Å². The Morgan fingerprint density at radius 1 is 1.37 bits per heavy atom. The van der Waals surface area contributed by atoms with Gasteiger partial charge in [-0.1, -0.05) is 6.42 Å². The van der Waals surface area contributed by atoms with Crippen LogP contribution in [-0.4, -0.2) is 29.9 Å². The van der Waals surface area contributed by atoms with E-state index < -0.39 is 9.84 Å². The summed E-state index contributed by atoms with van der Waals surface area (Å²) in [6.45, 7) is 0. The number of hydrogen-bond donors (Lipinski definition) is 2. The number of nitrogens with two attached hydrogens (primary N) is 1. The van der Waals surface area contributed by atoms with E-state index >= 15 is 0 Å². The first-order valence-corrected chi connectivity index (χ1v) is 8.37. The van der Waals surface area contributed by atoms with Gasteiger partial charge in [0.1, 0.15) is 16.2 Å². The molecule has 0 spiro atoms. The van der Waals surface area contributed by atoms with Crippen LogP contribution in [0.5, 0.6) is 0 Å². The van der Waals surface area contributed by atoms with Crippen molar-refractivity contribution in [1.29, 1.82) is 0 Å². The van der Waals surface area contributed by atoms with Crippen LogP contribution < -0.4 is 11.3 Å². The third-order valence-electron chi connectivity index (χ3n) is 3.86. The lowest BCUT2D eigenvalue weighted by atomic mass is 9.82. The molecule has 1 heterocycles. The first-order valence-electron chi connectivity index (χ1n) is 6.42. The third kappa shape index (κ3) is 3.49. The normalized spacial score (nSPS) is 26.0. The number of nitrogens with zero attached hydrogens (tertiary/aromatic N) is 2. The van der Waals surface area contributed by atoms with Gasteiger partial charge >= 0.3 is 0 Å². The van der Waals surface area contributed by atoms with E-state index in [4.69, 9.17) is 5.84 Å². The number of hydrogen-bond acceptors (Lipinski definition) is 6. The second kappa shape index (κ2) is 5.94. The van der Waals surface area contributed by atoms with Gasteiger partial charge in [0.15, 0.2) is 0 Å². The zero-order valence-electron chi connectivity index (χ0n) is 11.0. The molecule has 0 aliphatic heterocycles. The van der Waals surface area contributed by atoms with Crippen molar-refractivity contribution < 1.29 is 8.42 Å². The van der Waals surface area contributed by atoms with E-state index in [9.17, 15) is 8.42 Å². The molecule has 3 unspecified atom stereocenters.